The van der Waals surface area contributed by atoms with Crippen molar-refractivity contribution in [2.75, 3.05) is 31.9 Å². The van der Waals surface area contributed by atoms with Crippen LogP contribution in [0, 0.1) is 5.92 Å². The molecule has 0 aromatic heterocycles. The maximum atomic E-state index is 12.2. The van der Waals surface area contributed by atoms with Crippen molar-refractivity contribution in [1.29, 1.82) is 0 Å². The molecule has 2 aliphatic heterocycles. The van der Waals surface area contributed by atoms with E-state index < -0.39 is 16.1 Å². The monoisotopic (exact) mass is 304 g/mol. The Bertz CT molecular complexity index is 424. The number of piperidine rings is 2. The van der Waals surface area contributed by atoms with Gasteiger partial charge in [-0.05, 0) is 38.0 Å². The molecule has 2 fully saturated rings. The van der Waals surface area contributed by atoms with Crippen LogP contribution in [0.4, 0.5) is 4.79 Å². The molecule has 1 N–H and O–H groups in total. The number of likely N-dealkylation sites (tertiary alicyclic amines) is 1. The zero-order chi connectivity index (χ0) is 14.6. The van der Waals surface area contributed by atoms with Gasteiger partial charge in [0.25, 0.3) is 0 Å². The molecule has 0 unspecified atom stereocenters. The van der Waals surface area contributed by atoms with Gasteiger partial charge in [-0.25, -0.2) is 17.5 Å². The molecule has 6 nitrogen and oxygen atoms in total. The van der Waals surface area contributed by atoms with Crippen molar-refractivity contribution in [2.45, 2.75) is 38.5 Å². The van der Waals surface area contributed by atoms with Gasteiger partial charge in [-0.1, -0.05) is 6.42 Å². The first kappa shape index (κ1) is 15.6. The highest BCUT2D eigenvalue weighted by Crippen LogP contribution is 2.22. The summed E-state index contributed by atoms with van der Waals surface area (Å²) < 4.78 is 26.1. The topological polar surface area (TPSA) is 77.9 Å². The fourth-order valence-corrected chi connectivity index (χ4v) is 4.70. The fourth-order valence-electron chi connectivity index (χ4n) is 3.00. The van der Waals surface area contributed by atoms with E-state index in [1.165, 1.54) is 4.90 Å². The van der Waals surface area contributed by atoms with Crippen LogP contribution in [0.3, 0.4) is 0 Å². The van der Waals surface area contributed by atoms with Crippen LogP contribution < -0.4 is 0 Å². The van der Waals surface area contributed by atoms with Crippen LogP contribution in [0.1, 0.15) is 38.5 Å². The van der Waals surface area contributed by atoms with Gasteiger partial charge in [0.05, 0.1) is 5.75 Å². The first-order valence-electron chi connectivity index (χ1n) is 7.45. The summed E-state index contributed by atoms with van der Waals surface area (Å²) in [5.41, 5.74) is 0. The van der Waals surface area contributed by atoms with Crippen molar-refractivity contribution in [1.82, 2.24) is 9.21 Å². The molecule has 1 amide bonds. The van der Waals surface area contributed by atoms with Crippen LogP contribution in [-0.2, 0) is 10.0 Å². The molecular formula is C13H24N2O4S. The standard InChI is InChI=1S/C13H24N2O4S/c16-13(17)14-9-4-12(5-10-14)6-11-20(18,19)15-7-2-1-3-8-15/h12H,1-11H2,(H,16,17). The Morgan fingerprint density at radius 1 is 1.05 bits per heavy atom. The third-order valence-electron chi connectivity index (χ3n) is 4.38. The maximum absolute atomic E-state index is 12.2. The van der Waals surface area contributed by atoms with Crippen molar-refractivity contribution in [3.8, 4) is 0 Å². The average Bonchev–Trinajstić information content (AvgIpc) is 2.46. The summed E-state index contributed by atoms with van der Waals surface area (Å²) in [5, 5.41) is 8.88. The summed E-state index contributed by atoms with van der Waals surface area (Å²) >= 11 is 0. The van der Waals surface area contributed by atoms with Crippen molar-refractivity contribution in [2.24, 2.45) is 5.92 Å². The summed E-state index contributed by atoms with van der Waals surface area (Å²) in [7, 11) is -3.11. The molecule has 0 radical (unpaired) electrons. The first-order valence-corrected chi connectivity index (χ1v) is 9.05. The van der Waals surface area contributed by atoms with E-state index in [1.54, 1.807) is 4.31 Å². The Morgan fingerprint density at radius 3 is 2.20 bits per heavy atom. The van der Waals surface area contributed by atoms with E-state index in [-0.39, 0.29) is 5.75 Å². The minimum Gasteiger partial charge on any atom is -0.465 e. The van der Waals surface area contributed by atoms with Crippen molar-refractivity contribution < 1.29 is 18.3 Å². The van der Waals surface area contributed by atoms with Gasteiger partial charge in [0.2, 0.25) is 10.0 Å². The van der Waals surface area contributed by atoms with Gasteiger partial charge >= 0.3 is 6.09 Å². The molecule has 7 heteroatoms. The molecule has 2 heterocycles. The maximum Gasteiger partial charge on any atom is 0.407 e. The SMILES string of the molecule is O=C(O)N1CCC(CCS(=O)(=O)N2CCCCC2)CC1. The van der Waals surface area contributed by atoms with Crippen LogP contribution in [-0.4, -0.2) is 60.8 Å². The number of hydrogen-bond donors (Lipinski definition) is 1. The normalized spacial score (nSPS) is 22.9. The fraction of sp³-hybridized carbons (Fsp3) is 0.923. The summed E-state index contributed by atoms with van der Waals surface area (Å²) in [4.78, 5) is 12.2. The number of nitrogens with zero attached hydrogens (tertiary/aromatic N) is 2. The van der Waals surface area contributed by atoms with Gasteiger partial charge in [-0.2, -0.15) is 0 Å². The lowest BCUT2D eigenvalue weighted by Gasteiger charge is -2.31. The Labute approximate surface area is 120 Å². The molecule has 116 valence electrons. The third-order valence-corrected chi connectivity index (χ3v) is 6.28. The van der Waals surface area contributed by atoms with E-state index in [4.69, 9.17) is 5.11 Å². The number of carbonyl (C=O) groups is 1. The highest BCUT2D eigenvalue weighted by molar-refractivity contribution is 7.89. The predicted octanol–water partition coefficient (Wildman–Crippen LogP) is 1.58. The molecule has 0 aliphatic carbocycles. The zero-order valence-corrected chi connectivity index (χ0v) is 12.6. The lowest BCUT2D eigenvalue weighted by atomic mass is 9.95. The van der Waals surface area contributed by atoms with Crippen molar-refractivity contribution >= 4 is 16.1 Å². The molecular weight excluding hydrogens is 280 g/mol. The molecule has 0 bridgehead atoms. The summed E-state index contributed by atoms with van der Waals surface area (Å²) in [6.07, 6.45) is 4.41. The Balaban J connectivity index is 1.76. The highest BCUT2D eigenvalue weighted by Gasteiger charge is 2.27. The minimum atomic E-state index is -3.11. The number of carboxylic acid groups (broad SMARTS) is 1. The zero-order valence-electron chi connectivity index (χ0n) is 11.8. The van der Waals surface area contributed by atoms with Crippen molar-refractivity contribution in [3.63, 3.8) is 0 Å². The van der Waals surface area contributed by atoms with Crippen LogP contribution in [0.25, 0.3) is 0 Å². The van der Waals surface area contributed by atoms with E-state index in [1.807, 2.05) is 0 Å². The summed E-state index contributed by atoms with van der Waals surface area (Å²) in [5.74, 6) is 0.551. The highest BCUT2D eigenvalue weighted by atomic mass is 32.2. The second-order valence-electron chi connectivity index (χ2n) is 5.78. The number of amides is 1. The van der Waals surface area contributed by atoms with Crippen LogP contribution in [0.15, 0.2) is 0 Å². The van der Waals surface area contributed by atoms with E-state index in [0.717, 1.165) is 32.1 Å². The molecule has 0 spiro atoms. The molecule has 0 aromatic rings. The quantitative estimate of drug-likeness (QED) is 0.855. The van der Waals surface area contributed by atoms with Gasteiger partial charge in [-0.15, -0.1) is 0 Å². The number of hydrogen-bond acceptors (Lipinski definition) is 3. The largest absolute Gasteiger partial charge is 0.465 e. The Hall–Kier alpha value is -0.820. The lowest BCUT2D eigenvalue weighted by molar-refractivity contribution is 0.124. The summed E-state index contributed by atoms with van der Waals surface area (Å²) in [6, 6.07) is 0. The van der Waals surface area contributed by atoms with Gasteiger partial charge in [0.1, 0.15) is 0 Å². The minimum absolute atomic E-state index is 0.213. The predicted molar refractivity (Wildman–Crippen MR) is 76.1 cm³/mol. The van der Waals surface area contributed by atoms with Gasteiger partial charge in [-0.3, -0.25) is 0 Å². The molecule has 2 aliphatic rings. The van der Waals surface area contributed by atoms with E-state index in [9.17, 15) is 13.2 Å². The Kier molecular flexibility index (Phi) is 5.26. The van der Waals surface area contributed by atoms with E-state index in [2.05, 4.69) is 0 Å². The second-order valence-corrected chi connectivity index (χ2v) is 7.87. The second kappa shape index (κ2) is 6.76. The lowest BCUT2D eigenvalue weighted by Crippen LogP contribution is -2.39. The van der Waals surface area contributed by atoms with Crippen molar-refractivity contribution in [3.05, 3.63) is 0 Å². The molecule has 0 atom stereocenters. The Morgan fingerprint density at radius 2 is 1.65 bits per heavy atom. The summed E-state index contributed by atoms with van der Waals surface area (Å²) in [6.45, 7) is 2.40. The van der Waals surface area contributed by atoms with E-state index in [0.29, 0.717) is 38.5 Å². The van der Waals surface area contributed by atoms with E-state index >= 15 is 0 Å². The molecule has 2 rings (SSSR count). The van der Waals surface area contributed by atoms with Gasteiger partial charge in [0, 0.05) is 26.2 Å². The van der Waals surface area contributed by atoms with Gasteiger partial charge < -0.3 is 10.0 Å². The van der Waals surface area contributed by atoms with Crippen LogP contribution in [0.5, 0.6) is 0 Å². The molecule has 20 heavy (non-hydrogen) atoms. The molecule has 0 aromatic carbocycles. The van der Waals surface area contributed by atoms with Crippen LogP contribution >= 0.6 is 0 Å². The van der Waals surface area contributed by atoms with Gasteiger partial charge in [0.15, 0.2) is 0 Å². The number of sulfonamides is 1. The molecule has 0 saturated carbocycles. The molecule has 2 saturated heterocycles. The smallest absolute Gasteiger partial charge is 0.407 e. The van der Waals surface area contributed by atoms with Crippen LogP contribution in [0.2, 0.25) is 0 Å². The number of rotatable bonds is 4. The average molecular weight is 304 g/mol. The third kappa shape index (κ3) is 4.09. The first-order chi connectivity index (χ1) is 9.49.